The normalized spacial score (nSPS) is 13.4. The molecule has 0 saturated heterocycles. The van der Waals surface area contributed by atoms with Crippen molar-refractivity contribution in [2.45, 2.75) is 33.4 Å². The number of hydrogen-bond donors (Lipinski definition) is 1. The van der Waals surface area contributed by atoms with Crippen LogP contribution in [0.25, 0.3) is 0 Å². The van der Waals surface area contributed by atoms with E-state index in [1.54, 1.807) is 0 Å². The van der Waals surface area contributed by atoms with Gasteiger partial charge in [-0.1, -0.05) is 20.3 Å². The summed E-state index contributed by atoms with van der Waals surface area (Å²) in [5.74, 6) is 0.570. The molecule has 6 heteroatoms. The molecule has 0 radical (unpaired) electrons. The lowest BCUT2D eigenvalue weighted by Crippen LogP contribution is -2.29. The number of nitrogens with zero attached hydrogens (tertiary/aromatic N) is 2. The SMILES string of the molecule is CCC(C)CN(CC)c1cc(C(F)(F)F)cc(N)n1. The van der Waals surface area contributed by atoms with Gasteiger partial charge in [-0.05, 0) is 25.0 Å². The second-order valence-electron chi connectivity index (χ2n) is 4.69. The third-order valence-electron chi connectivity index (χ3n) is 3.09. The largest absolute Gasteiger partial charge is 0.416 e. The first-order valence-corrected chi connectivity index (χ1v) is 6.37. The number of alkyl halides is 3. The van der Waals surface area contributed by atoms with Gasteiger partial charge in [0, 0.05) is 13.1 Å². The molecule has 0 bridgehead atoms. The summed E-state index contributed by atoms with van der Waals surface area (Å²) in [6.07, 6.45) is -3.44. The zero-order chi connectivity index (χ0) is 14.6. The van der Waals surface area contributed by atoms with Gasteiger partial charge in [-0.3, -0.25) is 0 Å². The van der Waals surface area contributed by atoms with Crippen LogP contribution < -0.4 is 10.6 Å². The predicted octanol–water partition coefficient (Wildman–Crippen LogP) is 3.56. The molecule has 2 N–H and O–H groups in total. The molecule has 0 aromatic carbocycles. The molecule has 0 aliphatic rings. The average Bonchev–Trinajstić information content (AvgIpc) is 2.33. The molecule has 0 spiro atoms. The van der Waals surface area contributed by atoms with Gasteiger partial charge in [0.25, 0.3) is 0 Å². The van der Waals surface area contributed by atoms with Crippen LogP contribution >= 0.6 is 0 Å². The topological polar surface area (TPSA) is 42.1 Å². The van der Waals surface area contributed by atoms with Crippen LogP contribution in [0, 0.1) is 5.92 Å². The van der Waals surface area contributed by atoms with Gasteiger partial charge in [0.1, 0.15) is 11.6 Å². The van der Waals surface area contributed by atoms with Crippen molar-refractivity contribution in [3.63, 3.8) is 0 Å². The molecule has 1 rings (SSSR count). The highest BCUT2D eigenvalue weighted by Gasteiger charge is 2.32. The van der Waals surface area contributed by atoms with E-state index in [9.17, 15) is 13.2 Å². The highest BCUT2D eigenvalue weighted by atomic mass is 19.4. The smallest absolute Gasteiger partial charge is 0.384 e. The Kier molecular flexibility index (Phi) is 5.03. The maximum absolute atomic E-state index is 12.7. The van der Waals surface area contributed by atoms with Crippen molar-refractivity contribution in [3.05, 3.63) is 17.7 Å². The number of anilines is 2. The maximum atomic E-state index is 12.7. The van der Waals surface area contributed by atoms with E-state index < -0.39 is 11.7 Å². The van der Waals surface area contributed by atoms with E-state index >= 15 is 0 Å². The van der Waals surface area contributed by atoms with Crippen LogP contribution in [-0.2, 0) is 6.18 Å². The number of rotatable bonds is 5. The fourth-order valence-electron chi connectivity index (χ4n) is 1.75. The van der Waals surface area contributed by atoms with Gasteiger partial charge in [-0.15, -0.1) is 0 Å². The van der Waals surface area contributed by atoms with Gasteiger partial charge in [-0.2, -0.15) is 13.2 Å². The molecule has 0 fully saturated rings. The number of hydrogen-bond acceptors (Lipinski definition) is 3. The Bertz CT molecular complexity index is 418. The number of pyridine rings is 1. The molecule has 1 aromatic rings. The lowest BCUT2D eigenvalue weighted by atomic mass is 10.1. The van der Waals surface area contributed by atoms with Crippen molar-refractivity contribution >= 4 is 11.6 Å². The van der Waals surface area contributed by atoms with E-state index in [1.807, 2.05) is 18.7 Å². The Morgan fingerprint density at radius 2 is 1.95 bits per heavy atom. The Morgan fingerprint density at radius 3 is 2.42 bits per heavy atom. The van der Waals surface area contributed by atoms with Crippen molar-refractivity contribution in [2.24, 2.45) is 5.92 Å². The van der Waals surface area contributed by atoms with Gasteiger partial charge < -0.3 is 10.6 Å². The summed E-state index contributed by atoms with van der Waals surface area (Å²) in [6.45, 7) is 7.26. The number of halogens is 3. The van der Waals surface area contributed by atoms with Crippen LogP contribution in [-0.4, -0.2) is 18.1 Å². The van der Waals surface area contributed by atoms with Gasteiger partial charge in [0.15, 0.2) is 0 Å². The Hall–Kier alpha value is -1.46. The molecule has 0 aliphatic carbocycles. The second kappa shape index (κ2) is 6.12. The standard InChI is InChI=1S/C13H20F3N3/c1-4-9(3)8-19(5-2)12-7-10(13(14,15)16)6-11(17)18-12/h6-7,9H,4-5,8H2,1-3H3,(H2,17,18). The first-order valence-electron chi connectivity index (χ1n) is 6.37. The summed E-state index contributed by atoms with van der Waals surface area (Å²) in [7, 11) is 0. The van der Waals surface area contributed by atoms with Crippen molar-refractivity contribution in [1.82, 2.24) is 4.98 Å². The summed E-state index contributed by atoms with van der Waals surface area (Å²) < 4.78 is 38.2. The molecule has 1 atom stereocenters. The van der Waals surface area contributed by atoms with E-state index in [-0.39, 0.29) is 11.6 Å². The van der Waals surface area contributed by atoms with Gasteiger partial charge in [0.05, 0.1) is 5.56 Å². The first-order chi connectivity index (χ1) is 8.77. The van der Waals surface area contributed by atoms with Crippen LogP contribution in [0.2, 0.25) is 0 Å². The van der Waals surface area contributed by atoms with E-state index in [0.29, 0.717) is 19.0 Å². The summed E-state index contributed by atoms with van der Waals surface area (Å²) >= 11 is 0. The third kappa shape index (κ3) is 4.29. The molecule has 108 valence electrons. The second-order valence-corrected chi connectivity index (χ2v) is 4.69. The summed E-state index contributed by atoms with van der Waals surface area (Å²) in [5.41, 5.74) is 4.72. The number of aromatic nitrogens is 1. The molecule has 3 nitrogen and oxygen atoms in total. The van der Waals surface area contributed by atoms with E-state index in [4.69, 9.17) is 5.73 Å². The van der Waals surface area contributed by atoms with E-state index in [2.05, 4.69) is 11.9 Å². The molecule has 1 unspecified atom stereocenters. The number of nitrogen functional groups attached to an aromatic ring is 1. The van der Waals surface area contributed by atoms with Crippen LogP contribution in [0.3, 0.4) is 0 Å². The van der Waals surface area contributed by atoms with Crippen molar-refractivity contribution in [2.75, 3.05) is 23.7 Å². The van der Waals surface area contributed by atoms with Gasteiger partial charge in [-0.25, -0.2) is 4.98 Å². The maximum Gasteiger partial charge on any atom is 0.416 e. The zero-order valence-electron chi connectivity index (χ0n) is 11.5. The van der Waals surface area contributed by atoms with Crippen molar-refractivity contribution in [3.8, 4) is 0 Å². The Morgan fingerprint density at radius 1 is 1.32 bits per heavy atom. The van der Waals surface area contributed by atoms with Crippen LogP contribution in [0.15, 0.2) is 12.1 Å². The van der Waals surface area contributed by atoms with E-state index in [1.165, 1.54) is 0 Å². The lowest BCUT2D eigenvalue weighted by molar-refractivity contribution is -0.137. The highest BCUT2D eigenvalue weighted by molar-refractivity contribution is 5.49. The Balaban J connectivity index is 3.07. The molecular formula is C13H20F3N3. The summed E-state index contributed by atoms with van der Waals surface area (Å²) in [4.78, 5) is 5.83. The zero-order valence-corrected chi connectivity index (χ0v) is 11.5. The number of nitrogens with two attached hydrogens (primary N) is 1. The minimum atomic E-state index is -4.40. The summed E-state index contributed by atoms with van der Waals surface area (Å²) in [6, 6.07) is 1.92. The fourth-order valence-corrected chi connectivity index (χ4v) is 1.75. The van der Waals surface area contributed by atoms with E-state index in [0.717, 1.165) is 18.6 Å². The van der Waals surface area contributed by atoms with Crippen LogP contribution in [0.4, 0.5) is 24.8 Å². The quantitative estimate of drug-likeness (QED) is 0.893. The predicted molar refractivity (Wildman–Crippen MR) is 71.0 cm³/mol. The fraction of sp³-hybridized carbons (Fsp3) is 0.615. The lowest BCUT2D eigenvalue weighted by Gasteiger charge is -2.26. The van der Waals surface area contributed by atoms with Gasteiger partial charge in [0.2, 0.25) is 0 Å². The molecule has 1 heterocycles. The first kappa shape index (κ1) is 15.6. The summed E-state index contributed by atoms with van der Waals surface area (Å²) in [5, 5.41) is 0. The monoisotopic (exact) mass is 275 g/mol. The van der Waals surface area contributed by atoms with Gasteiger partial charge >= 0.3 is 6.18 Å². The molecule has 0 aliphatic heterocycles. The van der Waals surface area contributed by atoms with Crippen LogP contribution in [0.1, 0.15) is 32.8 Å². The molecule has 0 amide bonds. The molecule has 0 saturated carbocycles. The highest BCUT2D eigenvalue weighted by Crippen LogP contribution is 2.32. The average molecular weight is 275 g/mol. The van der Waals surface area contributed by atoms with Crippen molar-refractivity contribution in [1.29, 1.82) is 0 Å². The minimum Gasteiger partial charge on any atom is -0.384 e. The Labute approximate surface area is 111 Å². The molecular weight excluding hydrogens is 255 g/mol. The van der Waals surface area contributed by atoms with Crippen LogP contribution in [0.5, 0.6) is 0 Å². The molecule has 1 aromatic heterocycles. The van der Waals surface area contributed by atoms with Crippen molar-refractivity contribution < 1.29 is 13.2 Å². The minimum absolute atomic E-state index is 0.104. The molecule has 19 heavy (non-hydrogen) atoms. The third-order valence-corrected chi connectivity index (χ3v) is 3.09.